The molecule has 4 heteroatoms. The molecule has 3 rings (SSSR count). The Labute approximate surface area is 125 Å². The first-order valence-electron chi connectivity index (χ1n) is 7.81. The summed E-state index contributed by atoms with van der Waals surface area (Å²) >= 11 is 0. The number of aromatic nitrogens is 1. The molecule has 0 aliphatic carbocycles. The van der Waals surface area contributed by atoms with Crippen molar-refractivity contribution in [3.8, 4) is 5.88 Å². The van der Waals surface area contributed by atoms with Crippen molar-refractivity contribution in [2.75, 3.05) is 26.2 Å². The van der Waals surface area contributed by atoms with Crippen LogP contribution in [0.25, 0.3) is 10.9 Å². The van der Waals surface area contributed by atoms with Gasteiger partial charge in [0, 0.05) is 24.0 Å². The Balaban J connectivity index is 1.67. The van der Waals surface area contributed by atoms with E-state index in [1.165, 1.54) is 32.4 Å². The number of fused-ring (bicyclic) bond motifs is 1. The van der Waals surface area contributed by atoms with Crippen molar-refractivity contribution in [2.45, 2.75) is 25.8 Å². The summed E-state index contributed by atoms with van der Waals surface area (Å²) in [4.78, 5) is 7.07. The van der Waals surface area contributed by atoms with E-state index in [1.807, 2.05) is 18.2 Å². The highest BCUT2D eigenvalue weighted by Crippen LogP contribution is 2.22. The smallest absolute Gasteiger partial charge is 0.218 e. The monoisotopic (exact) mass is 285 g/mol. The van der Waals surface area contributed by atoms with Gasteiger partial charge in [-0.25, -0.2) is 4.98 Å². The zero-order valence-corrected chi connectivity index (χ0v) is 12.4. The van der Waals surface area contributed by atoms with E-state index in [9.17, 15) is 0 Å². The van der Waals surface area contributed by atoms with Crippen LogP contribution in [0.4, 0.5) is 0 Å². The Morgan fingerprint density at radius 3 is 2.76 bits per heavy atom. The van der Waals surface area contributed by atoms with Crippen LogP contribution < -0.4 is 10.5 Å². The Hall–Kier alpha value is -1.65. The predicted octanol–water partition coefficient (Wildman–Crippen LogP) is 2.56. The van der Waals surface area contributed by atoms with Gasteiger partial charge in [-0.3, -0.25) is 4.90 Å². The third kappa shape index (κ3) is 3.52. The molecule has 0 saturated carbocycles. The van der Waals surface area contributed by atoms with Gasteiger partial charge in [-0.1, -0.05) is 24.6 Å². The first kappa shape index (κ1) is 14.3. The van der Waals surface area contributed by atoms with Gasteiger partial charge in [0.25, 0.3) is 0 Å². The van der Waals surface area contributed by atoms with Gasteiger partial charge >= 0.3 is 0 Å². The molecule has 112 valence electrons. The minimum absolute atomic E-state index is 0.455. The fourth-order valence-electron chi connectivity index (χ4n) is 2.87. The zero-order chi connectivity index (χ0) is 14.5. The van der Waals surface area contributed by atoms with Crippen molar-refractivity contribution in [1.29, 1.82) is 0 Å². The average molecular weight is 285 g/mol. The number of ether oxygens (including phenoxy) is 1. The second-order valence-corrected chi connectivity index (χ2v) is 5.60. The number of nitrogens with two attached hydrogens (primary N) is 1. The van der Waals surface area contributed by atoms with Crippen molar-refractivity contribution in [2.24, 2.45) is 5.73 Å². The van der Waals surface area contributed by atoms with Gasteiger partial charge in [0.15, 0.2) is 0 Å². The molecular formula is C17H23N3O. The second kappa shape index (κ2) is 6.87. The van der Waals surface area contributed by atoms with Crippen molar-refractivity contribution in [3.63, 3.8) is 0 Å². The topological polar surface area (TPSA) is 51.4 Å². The predicted molar refractivity (Wildman–Crippen MR) is 85.4 cm³/mol. The van der Waals surface area contributed by atoms with E-state index in [4.69, 9.17) is 10.5 Å². The Morgan fingerprint density at radius 2 is 1.95 bits per heavy atom. The SMILES string of the molecule is NCc1cc2ccccc2nc1OCCN1CCCCC1. The van der Waals surface area contributed by atoms with E-state index in [1.54, 1.807) is 0 Å². The summed E-state index contributed by atoms with van der Waals surface area (Å²) in [6.07, 6.45) is 3.98. The summed E-state index contributed by atoms with van der Waals surface area (Å²) in [5, 5.41) is 1.11. The number of benzene rings is 1. The van der Waals surface area contributed by atoms with Crippen molar-refractivity contribution >= 4 is 10.9 Å². The maximum atomic E-state index is 5.91. The van der Waals surface area contributed by atoms with E-state index >= 15 is 0 Å². The molecule has 0 spiro atoms. The van der Waals surface area contributed by atoms with E-state index in [-0.39, 0.29) is 0 Å². The second-order valence-electron chi connectivity index (χ2n) is 5.60. The van der Waals surface area contributed by atoms with Crippen LogP contribution in [0.2, 0.25) is 0 Å². The molecule has 0 atom stereocenters. The molecule has 1 aliphatic heterocycles. The first-order chi connectivity index (χ1) is 10.4. The molecule has 0 amide bonds. The van der Waals surface area contributed by atoms with Crippen LogP contribution >= 0.6 is 0 Å². The average Bonchev–Trinajstić information content (AvgIpc) is 2.55. The third-order valence-corrected chi connectivity index (χ3v) is 4.08. The zero-order valence-electron chi connectivity index (χ0n) is 12.4. The number of piperidine rings is 1. The lowest BCUT2D eigenvalue weighted by Gasteiger charge is -2.26. The maximum absolute atomic E-state index is 5.91. The van der Waals surface area contributed by atoms with Gasteiger partial charge in [-0.15, -0.1) is 0 Å². The van der Waals surface area contributed by atoms with Gasteiger partial charge < -0.3 is 10.5 Å². The molecule has 1 aliphatic rings. The molecule has 21 heavy (non-hydrogen) atoms. The van der Waals surface area contributed by atoms with Crippen LogP contribution in [0, 0.1) is 0 Å². The molecule has 2 heterocycles. The number of hydrogen-bond acceptors (Lipinski definition) is 4. The van der Waals surface area contributed by atoms with Crippen LogP contribution in [-0.4, -0.2) is 36.1 Å². The highest BCUT2D eigenvalue weighted by Gasteiger charge is 2.11. The lowest BCUT2D eigenvalue weighted by atomic mass is 10.1. The van der Waals surface area contributed by atoms with Crippen LogP contribution in [0.3, 0.4) is 0 Å². The van der Waals surface area contributed by atoms with E-state index in [2.05, 4.69) is 22.0 Å². The quantitative estimate of drug-likeness (QED) is 0.917. The Morgan fingerprint density at radius 1 is 1.14 bits per heavy atom. The first-order valence-corrected chi connectivity index (χ1v) is 7.81. The molecule has 1 fully saturated rings. The molecule has 4 nitrogen and oxygen atoms in total. The van der Waals surface area contributed by atoms with Gasteiger partial charge in [0.2, 0.25) is 5.88 Å². The van der Waals surface area contributed by atoms with E-state index < -0.39 is 0 Å². The fourth-order valence-corrected chi connectivity index (χ4v) is 2.87. The Bertz CT molecular complexity index is 594. The summed E-state index contributed by atoms with van der Waals surface area (Å²) in [6.45, 7) is 4.49. The normalized spacial score (nSPS) is 16.2. The number of pyridine rings is 1. The van der Waals surface area contributed by atoms with Crippen molar-refractivity contribution in [1.82, 2.24) is 9.88 Å². The molecule has 0 radical (unpaired) electrons. The summed E-state index contributed by atoms with van der Waals surface area (Å²) in [5.41, 5.74) is 7.77. The largest absolute Gasteiger partial charge is 0.476 e. The van der Waals surface area contributed by atoms with Gasteiger partial charge in [0.1, 0.15) is 6.61 Å². The summed E-state index contributed by atoms with van der Waals surface area (Å²) in [5.74, 6) is 0.688. The minimum Gasteiger partial charge on any atom is -0.476 e. The molecule has 1 aromatic heterocycles. The molecule has 1 aromatic carbocycles. The van der Waals surface area contributed by atoms with Crippen molar-refractivity contribution < 1.29 is 4.74 Å². The number of para-hydroxylation sites is 1. The van der Waals surface area contributed by atoms with Crippen LogP contribution in [0.5, 0.6) is 5.88 Å². The molecule has 1 saturated heterocycles. The van der Waals surface area contributed by atoms with Gasteiger partial charge in [0.05, 0.1) is 5.52 Å². The van der Waals surface area contributed by atoms with E-state index in [0.29, 0.717) is 19.0 Å². The molecular weight excluding hydrogens is 262 g/mol. The lowest BCUT2D eigenvalue weighted by molar-refractivity contribution is 0.180. The number of likely N-dealkylation sites (tertiary alicyclic amines) is 1. The third-order valence-electron chi connectivity index (χ3n) is 4.08. The lowest BCUT2D eigenvalue weighted by Crippen LogP contribution is -2.33. The van der Waals surface area contributed by atoms with Gasteiger partial charge in [-0.2, -0.15) is 0 Å². The van der Waals surface area contributed by atoms with Crippen LogP contribution in [0.1, 0.15) is 24.8 Å². The van der Waals surface area contributed by atoms with Crippen molar-refractivity contribution in [3.05, 3.63) is 35.9 Å². The van der Waals surface area contributed by atoms with Crippen LogP contribution in [-0.2, 0) is 6.54 Å². The molecule has 0 bridgehead atoms. The maximum Gasteiger partial charge on any atom is 0.218 e. The highest BCUT2D eigenvalue weighted by molar-refractivity contribution is 5.80. The standard InChI is InChI=1S/C17H23N3O/c18-13-15-12-14-6-2-3-7-16(14)19-17(15)21-11-10-20-8-4-1-5-9-20/h2-3,6-7,12H,1,4-5,8-11,13,18H2. The molecule has 2 N–H and O–H groups in total. The summed E-state index contributed by atoms with van der Waals surface area (Å²) in [6, 6.07) is 10.2. The fraction of sp³-hybridized carbons (Fsp3) is 0.471. The number of rotatable bonds is 5. The highest BCUT2D eigenvalue weighted by atomic mass is 16.5. The van der Waals surface area contributed by atoms with Gasteiger partial charge in [-0.05, 0) is 38.1 Å². The summed E-state index contributed by atoms with van der Waals surface area (Å²) < 4.78 is 5.91. The number of nitrogens with zero attached hydrogens (tertiary/aromatic N) is 2. The number of hydrogen-bond donors (Lipinski definition) is 1. The minimum atomic E-state index is 0.455. The van der Waals surface area contributed by atoms with E-state index in [0.717, 1.165) is 23.0 Å². The molecule has 2 aromatic rings. The molecule has 0 unspecified atom stereocenters. The Kier molecular flexibility index (Phi) is 4.68. The van der Waals surface area contributed by atoms with Crippen LogP contribution in [0.15, 0.2) is 30.3 Å². The summed E-state index contributed by atoms with van der Waals surface area (Å²) in [7, 11) is 0.